The zero-order valence-electron chi connectivity index (χ0n) is 15.3. The number of alkyl halides is 2. The van der Waals surface area contributed by atoms with Crippen LogP contribution in [0, 0.1) is 13.8 Å². The van der Waals surface area contributed by atoms with Crippen molar-refractivity contribution in [3.8, 4) is 11.4 Å². The SMILES string of the molecule is Cc1noc(C)c1-c1nccc([C@@H]2CCCN2C(=O)c2ccn(C(F)F)n2)n1. The first-order chi connectivity index (χ1) is 13.5. The Hall–Kier alpha value is -3.17. The van der Waals surface area contributed by atoms with E-state index in [1.807, 2.05) is 6.92 Å². The fourth-order valence-electron chi connectivity index (χ4n) is 3.51. The van der Waals surface area contributed by atoms with Gasteiger partial charge in [0.25, 0.3) is 5.91 Å². The molecule has 3 aromatic heterocycles. The molecular formula is C18H18F2N6O2. The number of aryl methyl sites for hydroxylation is 2. The summed E-state index contributed by atoms with van der Waals surface area (Å²) >= 11 is 0. The molecule has 4 rings (SSSR count). The van der Waals surface area contributed by atoms with Crippen LogP contribution < -0.4 is 0 Å². The summed E-state index contributed by atoms with van der Waals surface area (Å²) in [5.74, 6) is 0.709. The fraction of sp³-hybridized carbons (Fsp3) is 0.389. The molecule has 10 heteroatoms. The van der Waals surface area contributed by atoms with E-state index in [9.17, 15) is 13.6 Å². The molecule has 3 aromatic rings. The number of halogens is 2. The summed E-state index contributed by atoms with van der Waals surface area (Å²) in [7, 11) is 0. The van der Waals surface area contributed by atoms with Gasteiger partial charge in [-0.2, -0.15) is 13.9 Å². The molecule has 1 aliphatic heterocycles. The van der Waals surface area contributed by atoms with Crippen LogP contribution in [0.5, 0.6) is 0 Å². The number of nitrogens with zero attached hydrogens (tertiary/aromatic N) is 6. The number of likely N-dealkylation sites (tertiary alicyclic amines) is 1. The summed E-state index contributed by atoms with van der Waals surface area (Å²) < 4.78 is 31.2. The predicted molar refractivity (Wildman–Crippen MR) is 93.5 cm³/mol. The molecule has 1 aliphatic rings. The normalized spacial score (nSPS) is 16.9. The van der Waals surface area contributed by atoms with Crippen LogP contribution in [0.1, 0.15) is 53.1 Å². The minimum Gasteiger partial charge on any atom is -0.361 e. The summed E-state index contributed by atoms with van der Waals surface area (Å²) in [6.07, 6.45) is 4.25. The Morgan fingerprint density at radius 2 is 2.14 bits per heavy atom. The molecule has 0 unspecified atom stereocenters. The lowest BCUT2D eigenvalue weighted by molar-refractivity contribution is 0.0549. The third kappa shape index (κ3) is 3.14. The van der Waals surface area contributed by atoms with Gasteiger partial charge in [0, 0.05) is 18.9 Å². The molecule has 1 saturated heterocycles. The highest BCUT2D eigenvalue weighted by Crippen LogP contribution is 2.33. The van der Waals surface area contributed by atoms with E-state index >= 15 is 0 Å². The second kappa shape index (κ2) is 7.10. The molecule has 0 radical (unpaired) electrons. The van der Waals surface area contributed by atoms with Gasteiger partial charge in [0.05, 0.1) is 23.0 Å². The zero-order chi connectivity index (χ0) is 19.8. The van der Waals surface area contributed by atoms with Gasteiger partial charge >= 0.3 is 6.55 Å². The molecule has 1 atom stereocenters. The Bertz CT molecular complexity index is 996. The summed E-state index contributed by atoms with van der Waals surface area (Å²) in [5.41, 5.74) is 2.09. The summed E-state index contributed by atoms with van der Waals surface area (Å²) in [5, 5.41) is 7.61. The van der Waals surface area contributed by atoms with E-state index in [0.29, 0.717) is 34.2 Å². The Balaban J connectivity index is 1.63. The highest BCUT2D eigenvalue weighted by Gasteiger charge is 2.33. The lowest BCUT2D eigenvalue weighted by Crippen LogP contribution is -2.31. The summed E-state index contributed by atoms with van der Waals surface area (Å²) in [6.45, 7) is 1.33. The standard InChI is InChI=1S/C18H18F2N6O2/c1-10-15(11(2)28-24-10)16-21-7-5-12(22-16)14-4-3-8-25(14)17(27)13-6-9-26(23-13)18(19)20/h5-7,9,14,18H,3-4,8H2,1-2H3/t14-/m0/s1. The van der Waals surface area contributed by atoms with Gasteiger partial charge in [-0.3, -0.25) is 4.79 Å². The number of hydrogen-bond donors (Lipinski definition) is 0. The molecule has 28 heavy (non-hydrogen) atoms. The van der Waals surface area contributed by atoms with Gasteiger partial charge in [-0.1, -0.05) is 5.16 Å². The molecule has 4 heterocycles. The monoisotopic (exact) mass is 388 g/mol. The van der Waals surface area contributed by atoms with E-state index in [1.54, 1.807) is 24.1 Å². The van der Waals surface area contributed by atoms with Gasteiger partial charge < -0.3 is 9.42 Å². The topological polar surface area (TPSA) is 89.9 Å². The quantitative estimate of drug-likeness (QED) is 0.681. The van der Waals surface area contributed by atoms with E-state index in [-0.39, 0.29) is 17.6 Å². The van der Waals surface area contributed by atoms with Gasteiger partial charge in [0.2, 0.25) is 0 Å². The van der Waals surface area contributed by atoms with Crippen molar-refractivity contribution in [2.75, 3.05) is 6.54 Å². The lowest BCUT2D eigenvalue weighted by Gasteiger charge is -2.23. The molecule has 0 aromatic carbocycles. The van der Waals surface area contributed by atoms with Crippen molar-refractivity contribution < 1.29 is 18.1 Å². The largest absolute Gasteiger partial charge is 0.361 e. The van der Waals surface area contributed by atoms with Crippen molar-refractivity contribution in [1.82, 2.24) is 29.8 Å². The average Bonchev–Trinajstić information content (AvgIpc) is 3.41. The maximum absolute atomic E-state index is 12.8. The third-order valence-electron chi connectivity index (χ3n) is 4.82. The molecule has 0 aliphatic carbocycles. The minimum absolute atomic E-state index is 0.00722. The van der Waals surface area contributed by atoms with E-state index in [2.05, 4.69) is 20.2 Å². The van der Waals surface area contributed by atoms with Crippen molar-refractivity contribution in [2.24, 2.45) is 0 Å². The van der Waals surface area contributed by atoms with Gasteiger partial charge in [0.1, 0.15) is 5.76 Å². The first kappa shape index (κ1) is 18.2. The van der Waals surface area contributed by atoms with E-state index < -0.39 is 6.55 Å². The van der Waals surface area contributed by atoms with Crippen molar-refractivity contribution in [2.45, 2.75) is 39.3 Å². The van der Waals surface area contributed by atoms with Crippen LogP contribution in [0.2, 0.25) is 0 Å². The van der Waals surface area contributed by atoms with Crippen LogP contribution in [-0.2, 0) is 0 Å². The molecule has 1 fully saturated rings. The number of aromatic nitrogens is 5. The van der Waals surface area contributed by atoms with Crippen LogP contribution in [0.4, 0.5) is 8.78 Å². The molecule has 0 bridgehead atoms. The number of carbonyl (C=O) groups excluding carboxylic acids is 1. The van der Waals surface area contributed by atoms with E-state index in [1.165, 1.54) is 6.07 Å². The number of rotatable bonds is 4. The number of hydrogen-bond acceptors (Lipinski definition) is 6. The molecular weight excluding hydrogens is 370 g/mol. The zero-order valence-corrected chi connectivity index (χ0v) is 15.3. The Kier molecular flexibility index (Phi) is 4.62. The second-order valence-electron chi connectivity index (χ2n) is 6.62. The minimum atomic E-state index is -2.78. The Morgan fingerprint density at radius 3 is 2.82 bits per heavy atom. The van der Waals surface area contributed by atoms with Gasteiger partial charge in [-0.25, -0.2) is 14.6 Å². The highest BCUT2D eigenvalue weighted by molar-refractivity contribution is 5.92. The maximum atomic E-state index is 12.8. The second-order valence-corrected chi connectivity index (χ2v) is 6.62. The first-order valence-electron chi connectivity index (χ1n) is 8.86. The van der Waals surface area contributed by atoms with Crippen LogP contribution in [0.25, 0.3) is 11.4 Å². The van der Waals surface area contributed by atoms with Crippen LogP contribution >= 0.6 is 0 Å². The lowest BCUT2D eigenvalue weighted by atomic mass is 10.1. The van der Waals surface area contributed by atoms with Crippen molar-refractivity contribution in [3.05, 3.63) is 47.4 Å². The van der Waals surface area contributed by atoms with Crippen molar-refractivity contribution in [3.63, 3.8) is 0 Å². The van der Waals surface area contributed by atoms with Crippen LogP contribution in [0.15, 0.2) is 29.0 Å². The van der Waals surface area contributed by atoms with Crippen molar-refractivity contribution in [1.29, 1.82) is 0 Å². The smallest absolute Gasteiger partial charge is 0.333 e. The summed E-state index contributed by atoms with van der Waals surface area (Å²) in [6, 6.07) is 2.79. The molecule has 1 amide bonds. The van der Waals surface area contributed by atoms with Gasteiger partial charge in [-0.05, 0) is 38.8 Å². The Labute approximate surface area is 159 Å². The predicted octanol–water partition coefficient (Wildman–Crippen LogP) is 3.32. The molecule has 0 spiro atoms. The van der Waals surface area contributed by atoms with Gasteiger partial charge in [-0.15, -0.1) is 0 Å². The average molecular weight is 388 g/mol. The molecule has 0 saturated carbocycles. The Morgan fingerprint density at radius 1 is 1.32 bits per heavy atom. The van der Waals surface area contributed by atoms with Gasteiger partial charge in [0.15, 0.2) is 11.5 Å². The molecule has 8 nitrogen and oxygen atoms in total. The number of carbonyl (C=O) groups is 1. The van der Waals surface area contributed by atoms with E-state index in [0.717, 1.165) is 24.6 Å². The summed E-state index contributed by atoms with van der Waals surface area (Å²) in [4.78, 5) is 23.4. The van der Waals surface area contributed by atoms with Crippen LogP contribution in [-0.4, -0.2) is 42.3 Å². The van der Waals surface area contributed by atoms with Crippen molar-refractivity contribution >= 4 is 5.91 Å². The highest BCUT2D eigenvalue weighted by atomic mass is 19.3. The maximum Gasteiger partial charge on any atom is 0.333 e. The third-order valence-corrected chi connectivity index (χ3v) is 4.82. The molecule has 146 valence electrons. The van der Waals surface area contributed by atoms with E-state index in [4.69, 9.17) is 4.52 Å². The first-order valence-corrected chi connectivity index (χ1v) is 8.86. The fourth-order valence-corrected chi connectivity index (χ4v) is 3.51. The van der Waals surface area contributed by atoms with Crippen LogP contribution in [0.3, 0.4) is 0 Å². The molecule has 0 N–H and O–H groups in total. The number of amides is 1.